The summed E-state index contributed by atoms with van der Waals surface area (Å²) in [5.41, 5.74) is 1.50. The van der Waals surface area contributed by atoms with Gasteiger partial charge in [-0.1, -0.05) is 6.07 Å². The molecule has 0 bridgehead atoms. The normalized spacial score (nSPS) is 14.5. The number of aromatic nitrogens is 2. The van der Waals surface area contributed by atoms with E-state index in [-0.39, 0.29) is 12.0 Å². The molecular formula is C17H21N3O3. The van der Waals surface area contributed by atoms with Gasteiger partial charge in [-0.05, 0) is 32.0 Å². The highest BCUT2D eigenvalue weighted by molar-refractivity contribution is 5.93. The van der Waals surface area contributed by atoms with Crippen molar-refractivity contribution in [3.05, 3.63) is 41.7 Å². The number of methoxy groups -OCH3 is 1. The smallest absolute Gasteiger partial charge is 0.274 e. The monoisotopic (exact) mass is 315 g/mol. The third-order valence-electron chi connectivity index (χ3n) is 3.98. The number of rotatable bonds is 5. The minimum absolute atomic E-state index is 0.0143. The minimum Gasteiger partial charge on any atom is -0.497 e. The summed E-state index contributed by atoms with van der Waals surface area (Å²) >= 11 is 0. The van der Waals surface area contributed by atoms with Crippen LogP contribution < -0.4 is 9.47 Å². The van der Waals surface area contributed by atoms with E-state index in [0.29, 0.717) is 18.8 Å². The first-order valence-corrected chi connectivity index (χ1v) is 7.75. The summed E-state index contributed by atoms with van der Waals surface area (Å²) in [5.74, 6) is 1.48. The van der Waals surface area contributed by atoms with Crippen LogP contribution in [0.1, 0.15) is 23.1 Å². The first-order chi connectivity index (χ1) is 11.1. The van der Waals surface area contributed by atoms with Gasteiger partial charge in [0.1, 0.15) is 17.6 Å². The predicted molar refractivity (Wildman–Crippen MR) is 86.0 cm³/mol. The van der Waals surface area contributed by atoms with Crippen molar-refractivity contribution in [3.63, 3.8) is 0 Å². The van der Waals surface area contributed by atoms with Crippen molar-refractivity contribution < 1.29 is 14.3 Å². The Morgan fingerprint density at radius 3 is 2.70 bits per heavy atom. The number of carbonyl (C=O) groups excluding carboxylic acids is 1. The maximum absolute atomic E-state index is 12.4. The number of carbonyl (C=O) groups is 1. The van der Waals surface area contributed by atoms with Gasteiger partial charge in [-0.25, -0.2) is 0 Å². The van der Waals surface area contributed by atoms with Crippen LogP contribution in [0, 0.1) is 6.92 Å². The van der Waals surface area contributed by atoms with Crippen LogP contribution in [-0.2, 0) is 6.54 Å². The zero-order valence-corrected chi connectivity index (χ0v) is 13.7. The van der Waals surface area contributed by atoms with Gasteiger partial charge >= 0.3 is 0 Å². The lowest BCUT2D eigenvalue weighted by atomic mass is 10.1. The SMILES string of the molecule is CCn1nc(C(=O)N2CC(Oc3cccc(OC)c3)C2)cc1C. The van der Waals surface area contributed by atoms with E-state index in [4.69, 9.17) is 9.47 Å². The fourth-order valence-corrected chi connectivity index (χ4v) is 2.64. The number of benzene rings is 1. The number of ether oxygens (including phenoxy) is 2. The molecule has 1 aliphatic heterocycles. The highest BCUT2D eigenvalue weighted by atomic mass is 16.5. The van der Waals surface area contributed by atoms with E-state index in [1.807, 2.05) is 48.9 Å². The Hall–Kier alpha value is -2.50. The largest absolute Gasteiger partial charge is 0.497 e. The molecule has 1 aromatic heterocycles. The molecule has 6 nitrogen and oxygen atoms in total. The maximum atomic E-state index is 12.4. The van der Waals surface area contributed by atoms with E-state index < -0.39 is 0 Å². The molecule has 2 aromatic rings. The third-order valence-corrected chi connectivity index (χ3v) is 3.98. The van der Waals surface area contributed by atoms with Crippen LogP contribution in [0.25, 0.3) is 0 Å². The summed E-state index contributed by atoms with van der Waals surface area (Å²) in [4.78, 5) is 14.1. The zero-order chi connectivity index (χ0) is 16.4. The second-order valence-electron chi connectivity index (χ2n) is 5.62. The van der Waals surface area contributed by atoms with Crippen LogP contribution in [0.5, 0.6) is 11.5 Å². The second-order valence-corrected chi connectivity index (χ2v) is 5.62. The van der Waals surface area contributed by atoms with Crippen LogP contribution in [-0.4, -0.2) is 46.9 Å². The Morgan fingerprint density at radius 2 is 2.04 bits per heavy atom. The van der Waals surface area contributed by atoms with Gasteiger partial charge in [-0.3, -0.25) is 9.48 Å². The molecule has 23 heavy (non-hydrogen) atoms. The Bertz CT molecular complexity index is 705. The van der Waals surface area contributed by atoms with Crippen LogP contribution in [0.3, 0.4) is 0 Å². The molecule has 0 unspecified atom stereocenters. The second kappa shape index (κ2) is 6.32. The van der Waals surface area contributed by atoms with Gasteiger partial charge in [0.2, 0.25) is 0 Å². The lowest BCUT2D eigenvalue weighted by molar-refractivity contribution is 0.0172. The lowest BCUT2D eigenvalue weighted by Gasteiger charge is -2.38. The van der Waals surface area contributed by atoms with E-state index in [2.05, 4.69) is 5.10 Å². The molecule has 1 amide bonds. The molecule has 1 aliphatic rings. The average Bonchev–Trinajstić information content (AvgIpc) is 2.91. The molecule has 1 fully saturated rings. The van der Waals surface area contributed by atoms with Crippen molar-refractivity contribution in [2.45, 2.75) is 26.5 Å². The Morgan fingerprint density at radius 1 is 1.30 bits per heavy atom. The number of hydrogen-bond acceptors (Lipinski definition) is 4. The summed E-state index contributed by atoms with van der Waals surface area (Å²) in [5, 5.41) is 4.33. The van der Waals surface area contributed by atoms with Gasteiger partial charge in [0, 0.05) is 18.3 Å². The molecule has 0 saturated carbocycles. The topological polar surface area (TPSA) is 56.6 Å². The van der Waals surface area contributed by atoms with Crippen molar-refractivity contribution in [2.24, 2.45) is 0 Å². The van der Waals surface area contributed by atoms with Gasteiger partial charge in [0.25, 0.3) is 5.91 Å². The molecule has 3 rings (SSSR count). The van der Waals surface area contributed by atoms with Gasteiger partial charge in [0.05, 0.1) is 20.2 Å². The summed E-state index contributed by atoms with van der Waals surface area (Å²) in [6.45, 7) is 5.89. The fourth-order valence-electron chi connectivity index (χ4n) is 2.64. The summed E-state index contributed by atoms with van der Waals surface area (Å²) in [6, 6.07) is 9.32. The molecule has 6 heteroatoms. The van der Waals surface area contributed by atoms with E-state index >= 15 is 0 Å². The first-order valence-electron chi connectivity index (χ1n) is 7.75. The van der Waals surface area contributed by atoms with E-state index in [0.717, 1.165) is 23.7 Å². The van der Waals surface area contributed by atoms with Crippen LogP contribution in [0.4, 0.5) is 0 Å². The first kappa shape index (κ1) is 15.4. The maximum Gasteiger partial charge on any atom is 0.274 e. The Labute approximate surface area is 135 Å². The van der Waals surface area contributed by atoms with Gasteiger partial charge in [-0.15, -0.1) is 0 Å². The number of nitrogens with zero attached hydrogens (tertiary/aromatic N) is 3. The number of aryl methyl sites for hydroxylation is 2. The highest BCUT2D eigenvalue weighted by Crippen LogP contribution is 2.23. The highest BCUT2D eigenvalue weighted by Gasteiger charge is 2.34. The molecule has 1 saturated heterocycles. The Kier molecular flexibility index (Phi) is 4.23. The summed E-state index contributed by atoms with van der Waals surface area (Å²) in [7, 11) is 1.63. The zero-order valence-electron chi connectivity index (χ0n) is 13.7. The van der Waals surface area contributed by atoms with Crippen molar-refractivity contribution in [1.82, 2.24) is 14.7 Å². The summed E-state index contributed by atoms with van der Waals surface area (Å²) < 4.78 is 12.9. The standard InChI is InChI=1S/C17H21N3O3/c1-4-20-12(2)8-16(18-20)17(21)19-10-15(11-19)23-14-7-5-6-13(9-14)22-3/h5-9,15H,4,10-11H2,1-3H3. The van der Waals surface area contributed by atoms with Crippen molar-refractivity contribution in [2.75, 3.05) is 20.2 Å². The van der Waals surface area contributed by atoms with Crippen LogP contribution in [0.15, 0.2) is 30.3 Å². The minimum atomic E-state index is -0.0363. The third kappa shape index (κ3) is 3.16. The molecule has 122 valence electrons. The van der Waals surface area contributed by atoms with Crippen molar-refractivity contribution in [3.8, 4) is 11.5 Å². The molecule has 0 N–H and O–H groups in total. The van der Waals surface area contributed by atoms with Gasteiger partial charge < -0.3 is 14.4 Å². The molecule has 2 heterocycles. The quantitative estimate of drug-likeness (QED) is 0.848. The predicted octanol–water partition coefficient (Wildman–Crippen LogP) is 2.12. The molecular weight excluding hydrogens is 294 g/mol. The van der Waals surface area contributed by atoms with Crippen molar-refractivity contribution >= 4 is 5.91 Å². The number of amides is 1. The summed E-state index contributed by atoms with van der Waals surface area (Å²) in [6.07, 6.45) is 0.0143. The average molecular weight is 315 g/mol. The molecule has 1 aromatic carbocycles. The van der Waals surface area contributed by atoms with E-state index in [1.165, 1.54) is 0 Å². The Balaban J connectivity index is 1.56. The van der Waals surface area contributed by atoms with Crippen LogP contribution >= 0.6 is 0 Å². The van der Waals surface area contributed by atoms with Gasteiger partial charge in [-0.2, -0.15) is 5.10 Å². The van der Waals surface area contributed by atoms with Gasteiger partial charge in [0.15, 0.2) is 5.69 Å². The van der Waals surface area contributed by atoms with Crippen molar-refractivity contribution in [1.29, 1.82) is 0 Å². The number of likely N-dealkylation sites (tertiary alicyclic amines) is 1. The fraction of sp³-hybridized carbons (Fsp3) is 0.412. The lowest BCUT2D eigenvalue weighted by Crippen LogP contribution is -2.56. The molecule has 0 radical (unpaired) electrons. The van der Waals surface area contributed by atoms with E-state index in [9.17, 15) is 4.79 Å². The van der Waals surface area contributed by atoms with Crippen LogP contribution in [0.2, 0.25) is 0 Å². The molecule has 0 atom stereocenters. The van der Waals surface area contributed by atoms with E-state index in [1.54, 1.807) is 12.0 Å². The molecule has 0 spiro atoms. The number of hydrogen-bond donors (Lipinski definition) is 0. The molecule has 0 aliphatic carbocycles.